The monoisotopic (exact) mass is 246 g/mol. The molecular weight excluding hydrogens is 239 g/mol. The molecule has 0 N–H and O–H groups in total. The molecule has 0 radical (unpaired) electrons. The topological polar surface area (TPSA) is 17.1 Å². The number of alkyl halides is 1. The summed E-state index contributed by atoms with van der Waals surface area (Å²) >= 11 is 8.86. The van der Waals surface area contributed by atoms with Crippen LogP contribution in [0, 0.1) is 0 Å². The van der Waals surface area contributed by atoms with E-state index in [1.165, 1.54) is 0 Å². The molecule has 3 heteroatoms. The summed E-state index contributed by atoms with van der Waals surface area (Å²) < 4.78 is 0. The smallest absolute Gasteiger partial charge is 0.147 e. The average molecular weight is 248 g/mol. The minimum atomic E-state index is 0.164. The molecule has 0 atom stereocenters. The first-order chi connectivity index (χ1) is 5.72. The highest BCUT2D eigenvalue weighted by atomic mass is 79.9. The fourth-order valence-corrected chi connectivity index (χ4v) is 1.33. The zero-order valence-electron chi connectivity index (χ0n) is 6.39. The maximum Gasteiger partial charge on any atom is 0.147 e. The van der Waals surface area contributed by atoms with Gasteiger partial charge in [-0.15, -0.1) is 0 Å². The van der Waals surface area contributed by atoms with E-state index in [-0.39, 0.29) is 5.78 Å². The molecule has 0 aromatic heterocycles. The van der Waals surface area contributed by atoms with Gasteiger partial charge in [0.15, 0.2) is 0 Å². The van der Waals surface area contributed by atoms with Crippen molar-refractivity contribution >= 4 is 33.3 Å². The lowest BCUT2D eigenvalue weighted by Gasteiger charge is -1.98. The van der Waals surface area contributed by atoms with Gasteiger partial charge in [-0.1, -0.05) is 39.7 Å². The Morgan fingerprint density at radius 2 is 2.25 bits per heavy atom. The van der Waals surface area contributed by atoms with Crippen LogP contribution >= 0.6 is 27.5 Å². The Bertz CT molecular complexity index is 286. The van der Waals surface area contributed by atoms with Crippen LogP contribution in [0.3, 0.4) is 0 Å². The van der Waals surface area contributed by atoms with Crippen molar-refractivity contribution in [1.29, 1.82) is 0 Å². The number of carbonyl (C=O) groups is 1. The van der Waals surface area contributed by atoms with E-state index >= 15 is 0 Å². The molecule has 0 unspecified atom stereocenters. The summed E-state index contributed by atoms with van der Waals surface area (Å²) in [4.78, 5) is 11.0. The predicted octanol–water partition coefficient (Wildman–Crippen LogP) is 2.85. The highest BCUT2D eigenvalue weighted by Gasteiger charge is 2.01. The third kappa shape index (κ3) is 2.95. The molecule has 0 saturated carbocycles. The maximum absolute atomic E-state index is 11.0. The van der Waals surface area contributed by atoms with Crippen LogP contribution in [0.2, 0.25) is 5.02 Å². The molecule has 0 heterocycles. The molecule has 1 nitrogen and oxygen atoms in total. The molecule has 1 aromatic rings. The van der Waals surface area contributed by atoms with E-state index in [4.69, 9.17) is 11.6 Å². The summed E-state index contributed by atoms with van der Waals surface area (Å²) in [6.07, 6.45) is 0.450. The molecule has 12 heavy (non-hydrogen) atoms. The normalized spacial score (nSPS) is 9.83. The molecule has 0 aliphatic carbocycles. The van der Waals surface area contributed by atoms with Gasteiger partial charge in [0.2, 0.25) is 0 Å². The zero-order valence-corrected chi connectivity index (χ0v) is 8.73. The van der Waals surface area contributed by atoms with Gasteiger partial charge in [0.1, 0.15) is 5.78 Å². The lowest BCUT2D eigenvalue weighted by Crippen LogP contribution is -2.02. The molecule has 1 rings (SSSR count). The van der Waals surface area contributed by atoms with E-state index < -0.39 is 0 Å². The molecule has 0 saturated heterocycles. The summed E-state index contributed by atoms with van der Waals surface area (Å²) in [6.45, 7) is 0. The van der Waals surface area contributed by atoms with E-state index in [2.05, 4.69) is 15.9 Å². The second kappa shape index (κ2) is 4.63. The van der Waals surface area contributed by atoms with Crippen molar-refractivity contribution < 1.29 is 4.79 Å². The molecule has 0 aliphatic heterocycles. The van der Waals surface area contributed by atoms with Crippen LogP contribution < -0.4 is 0 Å². The quantitative estimate of drug-likeness (QED) is 0.751. The zero-order chi connectivity index (χ0) is 8.97. The van der Waals surface area contributed by atoms with Crippen molar-refractivity contribution in [2.45, 2.75) is 6.42 Å². The number of hydrogen-bond donors (Lipinski definition) is 0. The lowest BCUT2D eigenvalue weighted by atomic mass is 10.1. The molecule has 64 valence electrons. The SMILES string of the molecule is O=C(CBr)Cc1cccc(Cl)c1. The van der Waals surface area contributed by atoms with Crippen LogP contribution in [-0.2, 0) is 11.2 Å². The van der Waals surface area contributed by atoms with Crippen LogP contribution in [0.1, 0.15) is 5.56 Å². The van der Waals surface area contributed by atoms with Crippen LogP contribution in [0.4, 0.5) is 0 Å². The number of carbonyl (C=O) groups excluding carboxylic acids is 1. The molecule has 0 bridgehead atoms. The van der Waals surface area contributed by atoms with Crippen molar-refractivity contribution in [2.24, 2.45) is 0 Å². The minimum absolute atomic E-state index is 0.164. The Labute approximate surface area is 84.9 Å². The molecule has 0 aliphatic rings. The number of benzene rings is 1. The van der Waals surface area contributed by atoms with Crippen molar-refractivity contribution in [1.82, 2.24) is 0 Å². The first kappa shape index (κ1) is 9.75. The van der Waals surface area contributed by atoms with Gasteiger partial charge in [-0.25, -0.2) is 0 Å². The van der Waals surface area contributed by atoms with Gasteiger partial charge in [-0.2, -0.15) is 0 Å². The fraction of sp³-hybridized carbons (Fsp3) is 0.222. The average Bonchev–Trinajstić information content (AvgIpc) is 2.04. The number of halogens is 2. The van der Waals surface area contributed by atoms with E-state index in [1.807, 2.05) is 18.2 Å². The summed E-state index contributed by atoms with van der Waals surface area (Å²) in [5.74, 6) is 0.164. The molecule has 0 spiro atoms. The minimum Gasteiger partial charge on any atom is -0.298 e. The number of rotatable bonds is 3. The lowest BCUT2D eigenvalue weighted by molar-refractivity contribution is -0.115. The molecule has 1 aromatic carbocycles. The van der Waals surface area contributed by atoms with E-state index in [0.29, 0.717) is 16.8 Å². The van der Waals surface area contributed by atoms with Gasteiger partial charge in [0.05, 0.1) is 5.33 Å². The summed E-state index contributed by atoms with van der Waals surface area (Å²) in [5, 5.41) is 1.08. The third-order valence-corrected chi connectivity index (χ3v) is 2.30. The largest absolute Gasteiger partial charge is 0.298 e. The Kier molecular flexibility index (Phi) is 3.76. The van der Waals surface area contributed by atoms with Gasteiger partial charge in [-0.05, 0) is 17.7 Å². The van der Waals surface area contributed by atoms with Crippen molar-refractivity contribution in [2.75, 3.05) is 5.33 Å². The van der Waals surface area contributed by atoms with Crippen LogP contribution in [0.15, 0.2) is 24.3 Å². The molecule has 0 fully saturated rings. The standard InChI is InChI=1S/C9H8BrClO/c10-6-9(12)5-7-2-1-3-8(11)4-7/h1-4H,5-6H2. The summed E-state index contributed by atoms with van der Waals surface area (Å²) in [5.41, 5.74) is 0.965. The molecular formula is C9H8BrClO. The van der Waals surface area contributed by atoms with Crippen LogP contribution in [0.25, 0.3) is 0 Å². The van der Waals surface area contributed by atoms with E-state index in [1.54, 1.807) is 6.07 Å². The Morgan fingerprint density at radius 3 is 2.83 bits per heavy atom. The first-order valence-corrected chi connectivity index (χ1v) is 5.04. The van der Waals surface area contributed by atoms with Gasteiger partial charge in [0, 0.05) is 11.4 Å². The second-order valence-corrected chi connectivity index (χ2v) is 3.48. The second-order valence-electron chi connectivity index (χ2n) is 2.48. The van der Waals surface area contributed by atoms with Gasteiger partial charge >= 0.3 is 0 Å². The Hall–Kier alpha value is -0.340. The molecule has 0 amide bonds. The van der Waals surface area contributed by atoms with Crippen molar-refractivity contribution in [3.05, 3.63) is 34.9 Å². The predicted molar refractivity (Wildman–Crippen MR) is 54.0 cm³/mol. The highest BCUT2D eigenvalue weighted by molar-refractivity contribution is 9.09. The van der Waals surface area contributed by atoms with Gasteiger partial charge < -0.3 is 0 Å². The Balaban J connectivity index is 2.69. The van der Waals surface area contributed by atoms with Crippen LogP contribution in [0.5, 0.6) is 0 Å². The number of ketones is 1. The highest BCUT2D eigenvalue weighted by Crippen LogP contribution is 2.11. The number of hydrogen-bond acceptors (Lipinski definition) is 1. The van der Waals surface area contributed by atoms with E-state index in [9.17, 15) is 4.79 Å². The van der Waals surface area contributed by atoms with Crippen molar-refractivity contribution in [3.8, 4) is 0 Å². The fourth-order valence-electron chi connectivity index (χ4n) is 0.922. The number of Topliss-reactive ketones (excluding diaryl/α,β-unsaturated/α-hetero) is 1. The summed E-state index contributed by atoms with van der Waals surface area (Å²) in [7, 11) is 0. The Morgan fingerprint density at radius 1 is 1.50 bits per heavy atom. The summed E-state index contributed by atoms with van der Waals surface area (Å²) in [6, 6.07) is 7.34. The van der Waals surface area contributed by atoms with Gasteiger partial charge in [-0.3, -0.25) is 4.79 Å². The van der Waals surface area contributed by atoms with E-state index in [0.717, 1.165) is 5.56 Å². The first-order valence-electron chi connectivity index (χ1n) is 3.54. The van der Waals surface area contributed by atoms with Crippen LogP contribution in [-0.4, -0.2) is 11.1 Å². The third-order valence-electron chi connectivity index (χ3n) is 1.44. The van der Waals surface area contributed by atoms with Crippen molar-refractivity contribution in [3.63, 3.8) is 0 Å². The maximum atomic E-state index is 11.0. The van der Waals surface area contributed by atoms with Gasteiger partial charge in [0.25, 0.3) is 0 Å².